The molecule has 2 atom stereocenters. The number of benzene rings is 2. The van der Waals surface area contributed by atoms with Crippen LogP contribution in [0.2, 0.25) is 15.1 Å². The van der Waals surface area contributed by atoms with E-state index in [1.807, 2.05) is 0 Å². The highest BCUT2D eigenvalue weighted by Gasteiger charge is 2.56. The van der Waals surface area contributed by atoms with Crippen molar-refractivity contribution in [3.05, 3.63) is 63.1 Å². The molecule has 4 rings (SSSR count). The zero-order chi connectivity index (χ0) is 17.7. The Morgan fingerprint density at radius 1 is 0.960 bits per heavy atom. The number of halogens is 3. The topological polar surface area (TPSA) is 59.0 Å². The fourth-order valence-corrected chi connectivity index (χ4v) is 3.69. The summed E-state index contributed by atoms with van der Waals surface area (Å²) >= 11 is 18.2. The Bertz CT molecular complexity index is 944. The lowest BCUT2D eigenvalue weighted by Crippen LogP contribution is -2.33. The van der Waals surface area contributed by atoms with Gasteiger partial charge in [-0.15, -0.1) is 0 Å². The van der Waals surface area contributed by atoms with E-state index in [0.717, 1.165) is 4.90 Å². The molecule has 8 heteroatoms. The molecule has 0 spiro atoms. The van der Waals surface area contributed by atoms with E-state index in [9.17, 15) is 9.59 Å². The van der Waals surface area contributed by atoms with Gasteiger partial charge in [-0.3, -0.25) is 9.59 Å². The molecule has 0 N–H and O–H groups in total. The first-order valence-corrected chi connectivity index (χ1v) is 8.44. The smallest absolute Gasteiger partial charge is 0.279 e. The van der Waals surface area contributed by atoms with Crippen molar-refractivity contribution in [2.75, 3.05) is 4.90 Å². The van der Waals surface area contributed by atoms with Crippen molar-refractivity contribution in [2.45, 2.75) is 6.10 Å². The highest BCUT2D eigenvalue weighted by atomic mass is 35.5. The second-order valence-corrected chi connectivity index (χ2v) is 6.82. The number of anilines is 1. The molecule has 1 saturated heterocycles. The molecule has 2 aliphatic heterocycles. The molecule has 0 radical (unpaired) electrons. The Labute approximate surface area is 157 Å². The summed E-state index contributed by atoms with van der Waals surface area (Å²) in [4.78, 5) is 31.9. The molecule has 2 aromatic carbocycles. The highest BCUT2D eigenvalue weighted by Crippen LogP contribution is 2.39. The molecule has 0 saturated carbocycles. The van der Waals surface area contributed by atoms with Crippen LogP contribution in [0.25, 0.3) is 0 Å². The first-order valence-electron chi connectivity index (χ1n) is 7.30. The van der Waals surface area contributed by atoms with Crippen molar-refractivity contribution in [1.82, 2.24) is 0 Å². The number of rotatable bonds is 2. The van der Waals surface area contributed by atoms with Gasteiger partial charge < -0.3 is 4.84 Å². The van der Waals surface area contributed by atoms with Crippen molar-refractivity contribution in [2.24, 2.45) is 11.1 Å². The predicted molar refractivity (Wildman–Crippen MR) is 95.3 cm³/mol. The zero-order valence-corrected chi connectivity index (χ0v) is 14.7. The number of nitrogens with zero attached hydrogens (tertiary/aromatic N) is 2. The molecular formula is C17H9Cl3N2O3. The van der Waals surface area contributed by atoms with Crippen LogP contribution in [0.15, 0.2) is 47.6 Å². The largest absolute Gasteiger partial charge is 0.381 e. The van der Waals surface area contributed by atoms with E-state index in [4.69, 9.17) is 39.6 Å². The lowest BCUT2D eigenvalue weighted by Gasteiger charge is -2.17. The average Bonchev–Trinajstić information content (AvgIpc) is 3.10. The van der Waals surface area contributed by atoms with Crippen LogP contribution in [0.3, 0.4) is 0 Å². The maximum atomic E-state index is 12.9. The summed E-state index contributed by atoms with van der Waals surface area (Å²) in [6.45, 7) is 0. The third-order valence-electron chi connectivity index (χ3n) is 4.11. The Balaban J connectivity index is 1.75. The first-order chi connectivity index (χ1) is 12.0. The van der Waals surface area contributed by atoms with Gasteiger partial charge in [-0.1, -0.05) is 58.2 Å². The van der Waals surface area contributed by atoms with E-state index in [1.165, 1.54) is 12.1 Å². The first kappa shape index (κ1) is 16.4. The predicted octanol–water partition coefficient (Wildman–Crippen LogP) is 3.94. The molecular weight excluding hydrogens is 387 g/mol. The van der Waals surface area contributed by atoms with E-state index >= 15 is 0 Å². The second kappa shape index (κ2) is 6.02. The van der Waals surface area contributed by atoms with E-state index in [2.05, 4.69) is 5.16 Å². The van der Waals surface area contributed by atoms with Crippen LogP contribution < -0.4 is 4.90 Å². The van der Waals surface area contributed by atoms with Crippen LogP contribution in [0, 0.1) is 5.92 Å². The molecule has 2 heterocycles. The van der Waals surface area contributed by atoms with Gasteiger partial charge in [0.15, 0.2) is 0 Å². The van der Waals surface area contributed by atoms with Crippen molar-refractivity contribution < 1.29 is 14.4 Å². The number of imide groups is 1. The van der Waals surface area contributed by atoms with Crippen molar-refractivity contribution >= 4 is 58.0 Å². The number of hydrogen-bond acceptors (Lipinski definition) is 4. The van der Waals surface area contributed by atoms with Gasteiger partial charge in [0.1, 0.15) is 11.6 Å². The molecule has 0 aromatic heterocycles. The van der Waals surface area contributed by atoms with Crippen molar-refractivity contribution in [1.29, 1.82) is 0 Å². The number of carbonyl (C=O) groups is 2. The number of fused-ring (bicyclic) bond motifs is 1. The maximum absolute atomic E-state index is 12.9. The Kier molecular flexibility index (Phi) is 3.95. The van der Waals surface area contributed by atoms with E-state index in [1.54, 1.807) is 30.3 Å². The normalized spacial score (nSPS) is 22.0. The summed E-state index contributed by atoms with van der Waals surface area (Å²) in [5.41, 5.74) is 1.15. The molecule has 0 bridgehead atoms. The summed E-state index contributed by atoms with van der Waals surface area (Å²) in [5.74, 6) is -1.85. The van der Waals surface area contributed by atoms with Gasteiger partial charge >= 0.3 is 0 Å². The van der Waals surface area contributed by atoms with Gasteiger partial charge in [0, 0.05) is 15.6 Å². The van der Waals surface area contributed by atoms with E-state index in [-0.39, 0.29) is 10.7 Å². The van der Waals surface area contributed by atoms with Crippen LogP contribution in [-0.2, 0) is 14.4 Å². The van der Waals surface area contributed by atoms with Gasteiger partial charge in [-0.05, 0) is 24.3 Å². The maximum Gasteiger partial charge on any atom is 0.279 e. The van der Waals surface area contributed by atoms with Gasteiger partial charge in [-0.2, -0.15) is 0 Å². The number of carbonyl (C=O) groups excluding carboxylic acids is 2. The minimum atomic E-state index is -1.02. The SMILES string of the molecule is O=C1C2ON=C(c3ccccc3Cl)C2C(=O)N1c1ccc(Cl)cc1Cl. The average molecular weight is 396 g/mol. The lowest BCUT2D eigenvalue weighted by molar-refractivity contribution is -0.126. The Morgan fingerprint density at radius 3 is 2.44 bits per heavy atom. The third-order valence-corrected chi connectivity index (χ3v) is 4.98. The minimum absolute atomic E-state index is 0.199. The van der Waals surface area contributed by atoms with E-state index < -0.39 is 23.8 Å². The Hall–Kier alpha value is -2.08. The molecule has 25 heavy (non-hydrogen) atoms. The molecule has 126 valence electrons. The lowest BCUT2D eigenvalue weighted by atomic mass is 9.94. The van der Waals surface area contributed by atoms with Crippen molar-refractivity contribution in [3.8, 4) is 0 Å². The van der Waals surface area contributed by atoms with E-state index in [0.29, 0.717) is 21.3 Å². The Morgan fingerprint density at radius 2 is 1.72 bits per heavy atom. The molecule has 0 aliphatic carbocycles. The monoisotopic (exact) mass is 394 g/mol. The van der Waals surface area contributed by atoms with Crippen LogP contribution in [0.4, 0.5) is 5.69 Å². The fourth-order valence-electron chi connectivity index (χ4n) is 2.97. The quantitative estimate of drug-likeness (QED) is 0.724. The summed E-state index contributed by atoms with van der Waals surface area (Å²) in [6.07, 6.45) is -1.02. The molecule has 5 nitrogen and oxygen atoms in total. The fraction of sp³-hybridized carbons (Fsp3) is 0.118. The van der Waals surface area contributed by atoms with Gasteiger partial charge in [0.25, 0.3) is 5.91 Å². The third kappa shape index (κ3) is 2.51. The number of hydrogen-bond donors (Lipinski definition) is 0. The highest BCUT2D eigenvalue weighted by molar-refractivity contribution is 6.41. The molecule has 2 unspecified atom stereocenters. The number of amides is 2. The van der Waals surface area contributed by atoms with Gasteiger partial charge in [-0.25, -0.2) is 4.90 Å². The summed E-state index contributed by atoms with van der Waals surface area (Å²) in [5, 5.41) is 4.96. The summed E-state index contributed by atoms with van der Waals surface area (Å²) < 4.78 is 0. The minimum Gasteiger partial charge on any atom is -0.381 e. The molecule has 2 aliphatic rings. The van der Waals surface area contributed by atoms with Crippen LogP contribution >= 0.6 is 34.8 Å². The molecule has 2 aromatic rings. The van der Waals surface area contributed by atoms with Gasteiger partial charge in [0.2, 0.25) is 12.0 Å². The second-order valence-electron chi connectivity index (χ2n) is 5.57. The summed E-state index contributed by atoms with van der Waals surface area (Å²) in [7, 11) is 0. The standard InChI is InChI=1S/C17H9Cl3N2O3/c18-8-5-6-12(11(20)7-8)22-16(23)13-14(21-25-15(13)17(22)24)9-3-1-2-4-10(9)19/h1-7,13,15H. The van der Waals surface area contributed by atoms with Crippen LogP contribution in [-0.4, -0.2) is 23.6 Å². The zero-order valence-electron chi connectivity index (χ0n) is 12.4. The number of oxime groups is 1. The summed E-state index contributed by atoms with van der Waals surface area (Å²) in [6, 6.07) is 11.5. The molecule has 1 fully saturated rings. The van der Waals surface area contributed by atoms with Crippen LogP contribution in [0.1, 0.15) is 5.56 Å². The van der Waals surface area contributed by atoms with Crippen molar-refractivity contribution in [3.63, 3.8) is 0 Å². The molecule has 2 amide bonds. The van der Waals surface area contributed by atoms with Gasteiger partial charge in [0.05, 0.1) is 10.7 Å². The van der Waals surface area contributed by atoms with Crippen LogP contribution in [0.5, 0.6) is 0 Å².